The third kappa shape index (κ3) is 5.80. The lowest BCUT2D eigenvalue weighted by Crippen LogP contribution is -2.54. The van der Waals surface area contributed by atoms with Crippen LogP contribution in [0.1, 0.15) is 80.6 Å². The zero-order valence-corrected chi connectivity index (χ0v) is 23.9. The van der Waals surface area contributed by atoms with Crippen LogP contribution in [0.3, 0.4) is 0 Å². The summed E-state index contributed by atoms with van der Waals surface area (Å²) in [5.74, 6) is -2.68. The van der Waals surface area contributed by atoms with Crippen molar-refractivity contribution in [3.8, 4) is 0 Å². The first kappa shape index (κ1) is 27.1. The third-order valence-electron chi connectivity index (χ3n) is 7.83. The van der Waals surface area contributed by atoms with Crippen molar-refractivity contribution >= 4 is 14.3 Å². The minimum absolute atomic E-state index is 0.0189. The van der Waals surface area contributed by atoms with E-state index >= 15 is 0 Å². The maximum atomic E-state index is 12.8. The lowest BCUT2D eigenvalue weighted by atomic mass is 9.94. The molecule has 0 amide bonds. The van der Waals surface area contributed by atoms with Crippen molar-refractivity contribution in [2.75, 3.05) is 6.61 Å². The molecule has 0 aromatic heterocycles. The van der Waals surface area contributed by atoms with Crippen LogP contribution >= 0.6 is 0 Å². The van der Waals surface area contributed by atoms with Crippen LogP contribution in [0.2, 0.25) is 18.1 Å². The van der Waals surface area contributed by atoms with E-state index in [0.29, 0.717) is 19.4 Å². The molecule has 0 aromatic carbocycles. The van der Waals surface area contributed by atoms with Gasteiger partial charge in [-0.05, 0) is 64.7 Å². The number of carbonyl (C=O) groups excluding carboxylic acids is 1. The van der Waals surface area contributed by atoms with Crippen molar-refractivity contribution in [1.29, 1.82) is 0 Å². The molecule has 0 unspecified atom stereocenters. The van der Waals surface area contributed by atoms with Gasteiger partial charge in [-0.15, -0.1) is 0 Å². The summed E-state index contributed by atoms with van der Waals surface area (Å²) in [6, 6.07) is 0. The molecule has 3 aliphatic heterocycles. The molecule has 0 radical (unpaired) electrons. The number of rotatable bonds is 5. The van der Waals surface area contributed by atoms with E-state index in [4.69, 9.17) is 32.8 Å². The molecule has 3 saturated heterocycles. The summed E-state index contributed by atoms with van der Waals surface area (Å²) in [5, 5.41) is -0.0189. The maximum absolute atomic E-state index is 12.8. The Bertz CT molecular complexity index is 837. The second kappa shape index (κ2) is 9.10. The Labute approximate surface area is 211 Å². The summed E-state index contributed by atoms with van der Waals surface area (Å²) in [5.41, 5.74) is 0. The molecule has 3 heterocycles. The summed E-state index contributed by atoms with van der Waals surface area (Å²) in [4.78, 5) is 12.8. The molecule has 200 valence electrons. The van der Waals surface area contributed by atoms with E-state index in [-0.39, 0.29) is 16.9 Å². The molecule has 0 N–H and O–H groups in total. The topological polar surface area (TPSA) is 81.7 Å². The fourth-order valence-electron chi connectivity index (χ4n) is 4.98. The quantitative estimate of drug-likeness (QED) is 0.284. The van der Waals surface area contributed by atoms with Crippen molar-refractivity contribution < 1.29 is 37.6 Å². The van der Waals surface area contributed by atoms with E-state index in [9.17, 15) is 4.79 Å². The summed E-state index contributed by atoms with van der Waals surface area (Å²) in [6.45, 7) is 18.9. The molecule has 1 saturated carbocycles. The van der Waals surface area contributed by atoms with Gasteiger partial charge in [0.25, 0.3) is 5.79 Å². The van der Waals surface area contributed by atoms with Gasteiger partial charge in [0.05, 0.1) is 6.61 Å². The monoisotopic (exact) mass is 512 g/mol. The molecule has 8 nitrogen and oxygen atoms in total. The molecule has 0 bridgehead atoms. The highest BCUT2D eigenvalue weighted by Gasteiger charge is 2.54. The molecule has 4 atom stereocenters. The van der Waals surface area contributed by atoms with Crippen molar-refractivity contribution in [3.05, 3.63) is 11.8 Å². The van der Waals surface area contributed by atoms with E-state index in [2.05, 4.69) is 33.9 Å². The average molecular weight is 513 g/mol. The first-order valence-corrected chi connectivity index (χ1v) is 15.9. The Morgan fingerprint density at radius 3 is 2.20 bits per heavy atom. The van der Waals surface area contributed by atoms with Gasteiger partial charge in [-0.2, -0.15) is 0 Å². The first-order valence-electron chi connectivity index (χ1n) is 13.0. The third-order valence-corrected chi connectivity index (χ3v) is 12.3. The SMILES string of the molecule is CC1(C)O[C@@H]([C@H](O[Si](C)(C)C(C)(C)C)[C@H]2COC(C)(C)O2)[C@@H](/C=C2\OC3(CCCCC3)OC2=O)O1. The predicted octanol–water partition coefficient (Wildman–Crippen LogP) is 5.17. The zero-order chi connectivity index (χ0) is 25.9. The second-order valence-electron chi connectivity index (χ2n) is 12.8. The van der Waals surface area contributed by atoms with Crippen LogP contribution in [0.4, 0.5) is 0 Å². The van der Waals surface area contributed by atoms with E-state index < -0.39 is 50.0 Å². The van der Waals surface area contributed by atoms with Crippen LogP contribution in [0.15, 0.2) is 11.8 Å². The van der Waals surface area contributed by atoms with Crippen LogP contribution in [0, 0.1) is 0 Å². The number of carbonyl (C=O) groups is 1. The van der Waals surface area contributed by atoms with E-state index in [1.165, 1.54) is 0 Å². The smallest absolute Gasteiger partial charge is 0.376 e. The Balaban J connectivity index is 1.64. The van der Waals surface area contributed by atoms with Crippen molar-refractivity contribution in [3.63, 3.8) is 0 Å². The van der Waals surface area contributed by atoms with Gasteiger partial charge in [-0.3, -0.25) is 0 Å². The van der Waals surface area contributed by atoms with Crippen LogP contribution < -0.4 is 0 Å². The standard InChI is InChI=1S/C26H44O8Si/c1-23(2,3)35(8,9)34-21(19-16-28-24(4,5)30-19)20-17(29-25(6,7)32-20)15-18-22(27)33-26(31-18)13-11-10-12-14-26/h15,17,19-21H,10-14,16H2,1-9H3/b18-15-/t17-,19-,20-,21-/m1/s1. The van der Waals surface area contributed by atoms with E-state index in [1.54, 1.807) is 6.08 Å². The Morgan fingerprint density at radius 1 is 0.971 bits per heavy atom. The maximum Gasteiger partial charge on any atom is 0.376 e. The van der Waals surface area contributed by atoms with Gasteiger partial charge in [0.15, 0.2) is 19.9 Å². The number of hydrogen-bond acceptors (Lipinski definition) is 8. The Kier molecular flexibility index (Phi) is 7.04. The molecule has 4 aliphatic rings. The van der Waals surface area contributed by atoms with Gasteiger partial charge in [0, 0.05) is 12.8 Å². The van der Waals surface area contributed by atoms with Crippen LogP contribution in [0.25, 0.3) is 0 Å². The molecule has 9 heteroatoms. The Morgan fingerprint density at radius 2 is 1.63 bits per heavy atom. The first-order chi connectivity index (χ1) is 16.0. The van der Waals surface area contributed by atoms with Crippen LogP contribution in [-0.4, -0.2) is 62.7 Å². The normalized spacial score (nSPS) is 34.3. The lowest BCUT2D eigenvalue weighted by Gasteiger charge is -2.42. The fraction of sp³-hybridized carbons (Fsp3) is 0.885. The molecule has 0 aromatic rings. The predicted molar refractivity (Wildman–Crippen MR) is 132 cm³/mol. The highest BCUT2D eigenvalue weighted by Crippen LogP contribution is 2.44. The van der Waals surface area contributed by atoms with Crippen molar-refractivity contribution in [1.82, 2.24) is 0 Å². The van der Waals surface area contributed by atoms with Gasteiger partial charge in [-0.1, -0.05) is 27.2 Å². The molecule has 35 heavy (non-hydrogen) atoms. The highest BCUT2D eigenvalue weighted by molar-refractivity contribution is 6.74. The molecule has 4 rings (SSSR count). The van der Waals surface area contributed by atoms with Gasteiger partial charge in [0.2, 0.25) is 5.76 Å². The van der Waals surface area contributed by atoms with Crippen LogP contribution in [-0.2, 0) is 37.6 Å². The van der Waals surface area contributed by atoms with Gasteiger partial charge in [-0.25, -0.2) is 4.79 Å². The van der Waals surface area contributed by atoms with Crippen molar-refractivity contribution in [2.45, 2.75) is 140 Å². The number of hydrogen-bond donors (Lipinski definition) is 0. The molecule has 1 aliphatic carbocycles. The van der Waals surface area contributed by atoms with Crippen molar-refractivity contribution in [2.24, 2.45) is 0 Å². The summed E-state index contributed by atoms with van der Waals surface area (Å²) in [7, 11) is -2.23. The largest absolute Gasteiger partial charge is 0.445 e. The van der Waals surface area contributed by atoms with Crippen LogP contribution in [0.5, 0.6) is 0 Å². The lowest BCUT2D eigenvalue weighted by molar-refractivity contribution is -0.182. The van der Waals surface area contributed by atoms with Gasteiger partial charge >= 0.3 is 5.97 Å². The molecular formula is C26H44O8Si. The van der Waals surface area contributed by atoms with Gasteiger partial charge in [0.1, 0.15) is 24.4 Å². The minimum atomic E-state index is -2.23. The fourth-order valence-corrected chi connectivity index (χ4v) is 6.30. The highest BCUT2D eigenvalue weighted by atomic mass is 28.4. The summed E-state index contributed by atoms with van der Waals surface area (Å²) in [6.07, 6.45) is 4.34. The summed E-state index contributed by atoms with van der Waals surface area (Å²) >= 11 is 0. The Hall–Kier alpha value is -0.973. The molecule has 1 spiro atoms. The van der Waals surface area contributed by atoms with E-state index in [0.717, 1.165) is 19.3 Å². The minimum Gasteiger partial charge on any atom is -0.445 e. The zero-order valence-electron chi connectivity index (χ0n) is 22.9. The molecular weight excluding hydrogens is 468 g/mol. The average Bonchev–Trinajstić information content (AvgIpc) is 3.32. The van der Waals surface area contributed by atoms with Gasteiger partial charge < -0.3 is 32.8 Å². The molecule has 4 fully saturated rings. The number of ether oxygens (including phenoxy) is 6. The van der Waals surface area contributed by atoms with E-state index in [1.807, 2.05) is 27.7 Å². The second-order valence-corrected chi connectivity index (χ2v) is 17.5. The number of esters is 1. The summed E-state index contributed by atoms with van der Waals surface area (Å²) < 4.78 is 43.7.